The molecule has 0 aromatic carbocycles. The summed E-state index contributed by atoms with van der Waals surface area (Å²) >= 11 is 0. The van der Waals surface area contributed by atoms with Crippen LogP contribution in [0.5, 0.6) is 0 Å². The first-order chi connectivity index (χ1) is 30.0. The summed E-state index contributed by atoms with van der Waals surface area (Å²) in [6.07, 6.45) is 65.2. The molecule has 0 aromatic heterocycles. The zero-order valence-corrected chi connectivity index (χ0v) is 39.1. The number of carbonyl (C=O) groups excluding carboxylic acids is 3. The van der Waals surface area contributed by atoms with Crippen LogP contribution in [0.3, 0.4) is 0 Å². The Labute approximate surface area is 374 Å². The van der Waals surface area contributed by atoms with E-state index in [1.54, 1.807) is 0 Å². The number of hydrogen-bond donors (Lipinski definition) is 0. The van der Waals surface area contributed by atoms with Crippen LogP contribution in [0.15, 0.2) is 109 Å². The molecule has 0 spiro atoms. The summed E-state index contributed by atoms with van der Waals surface area (Å²) in [6, 6.07) is 0. The Morgan fingerprint density at radius 2 is 0.672 bits per heavy atom. The zero-order chi connectivity index (χ0) is 44.4. The van der Waals surface area contributed by atoms with E-state index in [0.29, 0.717) is 19.3 Å². The molecule has 0 aromatic rings. The van der Waals surface area contributed by atoms with Crippen LogP contribution in [-0.2, 0) is 28.6 Å². The number of allylic oxidation sites excluding steroid dienone is 18. The highest BCUT2D eigenvalue weighted by Crippen LogP contribution is 2.12. The largest absolute Gasteiger partial charge is 0.462 e. The summed E-state index contributed by atoms with van der Waals surface area (Å²) in [5.74, 6) is -1.03. The molecule has 0 fully saturated rings. The Morgan fingerprint density at radius 3 is 1.07 bits per heavy atom. The Morgan fingerprint density at radius 1 is 0.344 bits per heavy atom. The van der Waals surface area contributed by atoms with Crippen LogP contribution < -0.4 is 0 Å². The van der Waals surface area contributed by atoms with E-state index in [1.165, 1.54) is 38.5 Å². The average Bonchev–Trinajstić information content (AvgIpc) is 3.26. The maximum absolute atomic E-state index is 12.7. The minimum absolute atomic E-state index is 0.114. The Kier molecular flexibility index (Phi) is 45.6. The van der Waals surface area contributed by atoms with Gasteiger partial charge in [-0.2, -0.15) is 0 Å². The zero-order valence-electron chi connectivity index (χ0n) is 39.1. The van der Waals surface area contributed by atoms with Gasteiger partial charge in [-0.25, -0.2) is 0 Å². The van der Waals surface area contributed by atoms with Crippen LogP contribution in [0.4, 0.5) is 0 Å². The van der Waals surface area contributed by atoms with Crippen LogP contribution >= 0.6 is 0 Å². The highest BCUT2D eigenvalue weighted by Gasteiger charge is 2.19. The van der Waals surface area contributed by atoms with Gasteiger partial charge in [0, 0.05) is 19.3 Å². The molecule has 0 N–H and O–H groups in total. The lowest BCUT2D eigenvalue weighted by atomic mass is 10.1. The van der Waals surface area contributed by atoms with E-state index >= 15 is 0 Å². The molecule has 0 aliphatic heterocycles. The first-order valence-corrected chi connectivity index (χ1v) is 24.4. The molecule has 344 valence electrons. The van der Waals surface area contributed by atoms with Crippen molar-refractivity contribution in [3.63, 3.8) is 0 Å². The van der Waals surface area contributed by atoms with E-state index in [4.69, 9.17) is 14.2 Å². The predicted octanol–water partition coefficient (Wildman–Crippen LogP) is 16.0. The van der Waals surface area contributed by atoms with Crippen LogP contribution in [0.25, 0.3) is 0 Å². The quantitative estimate of drug-likeness (QED) is 0.0264. The van der Waals surface area contributed by atoms with Crippen LogP contribution in [-0.4, -0.2) is 37.2 Å². The molecule has 0 rings (SSSR count). The van der Waals surface area contributed by atoms with Crippen LogP contribution in [0, 0.1) is 0 Å². The molecule has 6 nitrogen and oxygen atoms in total. The van der Waals surface area contributed by atoms with Crippen LogP contribution in [0.1, 0.15) is 201 Å². The average molecular weight is 845 g/mol. The van der Waals surface area contributed by atoms with E-state index in [0.717, 1.165) is 116 Å². The second-order valence-corrected chi connectivity index (χ2v) is 15.6. The fraction of sp³-hybridized carbons (Fsp3) is 0.618. The van der Waals surface area contributed by atoms with Gasteiger partial charge in [-0.15, -0.1) is 0 Å². The summed E-state index contributed by atoms with van der Waals surface area (Å²) in [5.41, 5.74) is 0. The fourth-order valence-corrected chi connectivity index (χ4v) is 6.19. The number of unbranched alkanes of at least 4 members (excludes halogenated alkanes) is 13. The maximum Gasteiger partial charge on any atom is 0.306 e. The predicted molar refractivity (Wildman–Crippen MR) is 260 cm³/mol. The molecule has 1 unspecified atom stereocenters. The van der Waals surface area contributed by atoms with Gasteiger partial charge in [0.1, 0.15) is 13.2 Å². The third-order valence-corrected chi connectivity index (χ3v) is 9.79. The summed E-state index contributed by atoms with van der Waals surface area (Å²) in [4.78, 5) is 37.8. The summed E-state index contributed by atoms with van der Waals surface area (Å²) < 4.78 is 16.6. The molecule has 61 heavy (non-hydrogen) atoms. The third-order valence-electron chi connectivity index (χ3n) is 9.79. The van der Waals surface area contributed by atoms with Gasteiger partial charge in [0.2, 0.25) is 0 Å². The van der Waals surface area contributed by atoms with Crippen molar-refractivity contribution in [1.82, 2.24) is 0 Å². The van der Waals surface area contributed by atoms with Crippen molar-refractivity contribution in [2.75, 3.05) is 13.2 Å². The third kappa shape index (κ3) is 47.0. The standard InChI is InChI=1S/C55H88O6/c1-4-7-10-13-16-19-21-23-24-25-26-27-28-29-30-32-33-36-39-42-45-48-54(57)60-51-52(50-59-53(56)47-44-41-38-35-18-15-12-9-6-3)61-55(58)49-46-43-40-37-34-31-22-20-17-14-11-8-5-2/h7-8,10-11,16-17,19-20,23-24,26-27,29-31,34,40,43,52H,4-6,9,12-15,18,21-22,25,28,32-33,35-39,41-42,44-51H2,1-3H3/b10-7-,11-8-,19-16-,20-17-,24-23-,27-26-,30-29-,34-31-,43-40-. The molecule has 0 bridgehead atoms. The lowest BCUT2D eigenvalue weighted by Gasteiger charge is -2.18. The van der Waals surface area contributed by atoms with Crippen molar-refractivity contribution in [3.8, 4) is 0 Å². The van der Waals surface area contributed by atoms with Crippen molar-refractivity contribution in [1.29, 1.82) is 0 Å². The van der Waals surface area contributed by atoms with E-state index in [-0.39, 0.29) is 31.6 Å². The smallest absolute Gasteiger partial charge is 0.306 e. The molecule has 0 aliphatic rings. The Balaban J connectivity index is 4.44. The summed E-state index contributed by atoms with van der Waals surface area (Å²) in [6.45, 7) is 6.28. The van der Waals surface area contributed by atoms with Gasteiger partial charge in [-0.1, -0.05) is 201 Å². The summed E-state index contributed by atoms with van der Waals surface area (Å²) in [5, 5.41) is 0. The van der Waals surface area contributed by atoms with Gasteiger partial charge in [0.15, 0.2) is 6.10 Å². The normalized spacial score (nSPS) is 13.0. The lowest BCUT2D eigenvalue weighted by Crippen LogP contribution is -2.30. The minimum atomic E-state index is -0.822. The number of rotatable bonds is 42. The van der Waals surface area contributed by atoms with Gasteiger partial charge in [-0.3, -0.25) is 14.4 Å². The molecule has 6 heteroatoms. The van der Waals surface area contributed by atoms with Crippen molar-refractivity contribution in [3.05, 3.63) is 109 Å². The molecule has 0 amide bonds. The molecule has 0 saturated carbocycles. The van der Waals surface area contributed by atoms with Crippen molar-refractivity contribution >= 4 is 17.9 Å². The molecule has 0 radical (unpaired) electrons. The Bertz CT molecular complexity index is 1290. The van der Waals surface area contributed by atoms with Crippen LogP contribution in [0.2, 0.25) is 0 Å². The minimum Gasteiger partial charge on any atom is -0.462 e. The van der Waals surface area contributed by atoms with Gasteiger partial charge in [-0.05, 0) is 89.9 Å². The number of carbonyl (C=O) groups is 3. The van der Waals surface area contributed by atoms with E-state index in [9.17, 15) is 14.4 Å². The molecular weight excluding hydrogens is 757 g/mol. The second-order valence-electron chi connectivity index (χ2n) is 15.6. The Hall–Kier alpha value is -3.93. The van der Waals surface area contributed by atoms with Crippen molar-refractivity contribution < 1.29 is 28.6 Å². The molecular formula is C55H88O6. The molecule has 0 saturated heterocycles. The SMILES string of the molecule is CC/C=C\C/C=C\C/C=C\C/C=C\C/C=C\CCCCCCCC(=O)OCC(COC(=O)CCCCCCCCCCC)OC(=O)CC/C=C\C/C=C\C/C=C\C/C=C\CC. The topological polar surface area (TPSA) is 78.9 Å². The number of ether oxygens (including phenoxy) is 3. The van der Waals surface area contributed by atoms with E-state index in [2.05, 4.69) is 118 Å². The summed E-state index contributed by atoms with van der Waals surface area (Å²) in [7, 11) is 0. The molecule has 0 aliphatic carbocycles. The second kappa shape index (κ2) is 48.7. The van der Waals surface area contributed by atoms with Gasteiger partial charge < -0.3 is 14.2 Å². The van der Waals surface area contributed by atoms with E-state index in [1.807, 2.05) is 12.2 Å². The number of hydrogen-bond acceptors (Lipinski definition) is 6. The van der Waals surface area contributed by atoms with Gasteiger partial charge in [0.05, 0.1) is 0 Å². The molecule has 0 heterocycles. The molecule has 1 atom stereocenters. The highest BCUT2D eigenvalue weighted by atomic mass is 16.6. The van der Waals surface area contributed by atoms with Gasteiger partial charge >= 0.3 is 17.9 Å². The fourth-order valence-electron chi connectivity index (χ4n) is 6.19. The number of esters is 3. The lowest BCUT2D eigenvalue weighted by molar-refractivity contribution is -0.166. The highest BCUT2D eigenvalue weighted by molar-refractivity contribution is 5.71. The maximum atomic E-state index is 12.7. The first-order valence-electron chi connectivity index (χ1n) is 24.4. The van der Waals surface area contributed by atoms with Crippen molar-refractivity contribution in [2.24, 2.45) is 0 Å². The van der Waals surface area contributed by atoms with Gasteiger partial charge in [0.25, 0.3) is 0 Å². The van der Waals surface area contributed by atoms with Crippen molar-refractivity contribution in [2.45, 2.75) is 207 Å². The van der Waals surface area contributed by atoms with E-state index < -0.39 is 12.1 Å². The first kappa shape index (κ1) is 57.1. The monoisotopic (exact) mass is 845 g/mol.